The predicted molar refractivity (Wildman–Crippen MR) is 172 cm³/mol. The van der Waals surface area contributed by atoms with Gasteiger partial charge in [-0.1, -0.05) is 24.3 Å². The molecule has 2 unspecified atom stereocenters. The lowest BCUT2D eigenvalue weighted by molar-refractivity contribution is 0.0928. The van der Waals surface area contributed by atoms with Crippen LogP contribution in [0, 0.1) is 0 Å². The molecule has 2 amide bonds. The minimum Gasteiger partial charge on any atom is -0.528 e. The van der Waals surface area contributed by atoms with Crippen molar-refractivity contribution in [3.8, 4) is 34.5 Å². The Bertz CT molecular complexity index is 1510. The lowest BCUT2D eigenvalue weighted by Crippen LogP contribution is -2.27. The minimum atomic E-state index is -0.293. The SMILES string of the molecule is COc1cccc(C(C)NC(=O)c2ccc(OBOc3ccc(C(=O)NC(C)c4cccc(OC)c4)c(OC)c3)cc2OC)c1. The molecule has 0 saturated carbocycles. The number of ether oxygens (including phenoxy) is 4. The van der Waals surface area contributed by atoms with Crippen LogP contribution in [-0.4, -0.2) is 47.9 Å². The molecule has 4 rings (SSSR count). The van der Waals surface area contributed by atoms with Crippen molar-refractivity contribution in [2.24, 2.45) is 0 Å². The Morgan fingerprint density at radius 2 is 0.978 bits per heavy atom. The van der Waals surface area contributed by atoms with E-state index in [9.17, 15) is 9.59 Å². The van der Waals surface area contributed by atoms with Gasteiger partial charge in [0.05, 0.1) is 51.6 Å². The van der Waals surface area contributed by atoms with Crippen molar-refractivity contribution < 1.29 is 37.8 Å². The molecule has 0 saturated heterocycles. The van der Waals surface area contributed by atoms with Gasteiger partial charge >= 0.3 is 7.69 Å². The molecule has 0 bridgehead atoms. The fourth-order valence-corrected chi connectivity index (χ4v) is 4.60. The summed E-state index contributed by atoms with van der Waals surface area (Å²) < 4.78 is 33.0. The van der Waals surface area contributed by atoms with Gasteiger partial charge in [-0.05, 0) is 73.5 Å². The maximum atomic E-state index is 13.0. The highest BCUT2D eigenvalue weighted by Crippen LogP contribution is 2.28. The molecule has 0 aliphatic heterocycles. The van der Waals surface area contributed by atoms with Gasteiger partial charge in [-0.15, -0.1) is 0 Å². The standard InChI is InChI=1S/C34H37BN2O8/c1-21(23-9-7-11-25(17-23)40-3)36-33(38)29-15-13-27(19-31(29)42-5)44-35-45-28-14-16-30(32(20-28)43-6)34(39)37-22(2)24-10-8-12-26(18-24)41-4/h7-22,35H,1-6H3,(H,36,38)(H,37,39). The van der Waals surface area contributed by atoms with Crippen molar-refractivity contribution in [2.75, 3.05) is 28.4 Å². The maximum absolute atomic E-state index is 13.0. The highest BCUT2D eigenvalue weighted by atomic mass is 16.6. The molecule has 0 radical (unpaired) electrons. The van der Waals surface area contributed by atoms with Gasteiger partial charge in [0.25, 0.3) is 11.8 Å². The second kappa shape index (κ2) is 15.4. The molecule has 0 aromatic heterocycles. The summed E-state index contributed by atoms with van der Waals surface area (Å²) in [4.78, 5) is 26.1. The number of hydrogen-bond acceptors (Lipinski definition) is 8. The Labute approximate surface area is 263 Å². The van der Waals surface area contributed by atoms with E-state index in [-0.39, 0.29) is 31.6 Å². The minimum absolute atomic E-state index is 0.136. The van der Waals surface area contributed by atoms with E-state index in [2.05, 4.69) is 10.6 Å². The summed E-state index contributed by atoms with van der Waals surface area (Å²) in [6.45, 7) is 3.79. The normalized spacial score (nSPS) is 11.8. The molecular weight excluding hydrogens is 575 g/mol. The Morgan fingerprint density at radius 3 is 1.36 bits per heavy atom. The molecule has 4 aromatic carbocycles. The zero-order valence-electron chi connectivity index (χ0n) is 26.2. The van der Waals surface area contributed by atoms with Gasteiger partial charge in [-0.2, -0.15) is 0 Å². The van der Waals surface area contributed by atoms with Gasteiger partial charge in [0, 0.05) is 12.1 Å². The van der Waals surface area contributed by atoms with Crippen molar-refractivity contribution in [1.82, 2.24) is 10.6 Å². The monoisotopic (exact) mass is 612 g/mol. The van der Waals surface area contributed by atoms with E-state index in [4.69, 9.17) is 28.3 Å². The van der Waals surface area contributed by atoms with Crippen LogP contribution < -0.4 is 38.9 Å². The van der Waals surface area contributed by atoms with Gasteiger partial charge in [-0.3, -0.25) is 9.59 Å². The number of carbonyl (C=O) groups is 2. The van der Waals surface area contributed by atoms with E-state index in [1.165, 1.54) is 14.2 Å². The first kappa shape index (κ1) is 32.6. The molecule has 234 valence electrons. The number of nitrogens with one attached hydrogen (secondary N) is 2. The summed E-state index contributed by atoms with van der Waals surface area (Å²) in [6.07, 6.45) is 0. The van der Waals surface area contributed by atoms with E-state index >= 15 is 0 Å². The lowest BCUT2D eigenvalue weighted by atomic mass is 10.1. The predicted octanol–water partition coefficient (Wildman–Crippen LogP) is 5.43. The third-order valence-corrected chi connectivity index (χ3v) is 7.17. The third kappa shape index (κ3) is 8.41. The number of rotatable bonds is 14. The van der Waals surface area contributed by atoms with Crippen molar-refractivity contribution in [2.45, 2.75) is 25.9 Å². The molecule has 0 fully saturated rings. The number of methoxy groups -OCH3 is 4. The summed E-state index contributed by atoms with van der Waals surface area (Å²) in [6, 6.07) is 24.3. The maximum Gasteiger partial charge on any atom is 0.576 e. The lowest BCUT2D eigenvalue weighted by Gasteiger charge is -2.17. The van der Waals surface area contributed by atoms with E-state index in [0.717, 1.165) is 11.1 Å². The zero-order chi connectivity index (χ0) is 32.3. The van der Waals surface area contributed by atoms with E-state index in [0.29, 0.717) is 45.6 Å². The van der Waals surface area contributed by atoms with Crippen LogP contribution in [0.1, 0.15) is 57.8 Å². The summed E-state index contributed by atoms with van der Waals surface area (Å²) in [5.41, 5.74) is 2.54. The molecule has 10 nitrogen and oxygen atoms in total. The van der Waals surface area contributed by atoms with Crippen LogP contribution in [0.4, 0.5) is 0 Å². The first-order chi connectivity index (χ1) is 21.8. The molecule has 0 aliphatic rings. The summed E-state index contributed by atoms with van der Waals surface area (Å²) >= 11 is 0. The van der Waals surface area contributed by atoms with Crippen molar-refractivity contribution >= 4 is 19.5 Å². The van der Waals surface area contributed by atoms with Crippen molar-refractivity contribution in [1.29, 1.82) is 0 Å². The topological polar surface area (TPSA) is 114 Å². The zero-order valence-corrected chi connectivity index (χ0v) is 26.2. The molecule has 0 heterocycles. The fraction of sp³-hybridized carbons (Fsp3) is 0.235. The first-order valence-corrected chi connectivity index (χ1v) is 14.3. The average Bonchev–Trinajstić information content (AvgIpc) is 3.07. The van der Waals surface area contributed by atoms with E-state index < -0.39 is 0 Å². The summed E-state index contributed by atoms with van der Waals surface area (Å²) in [5, 5.41) is 5.97. The largest absolute Gasteiger partial charge is 0.576 e. The van der Waals surface area contributed by atoms with Crippen molar-refractivity contribution in [3.05, 3.63) is 107 Å². The van der Waals surface area contributed by atoms with E-state index in [1.54, 1.807) is 50.6 Å². The quantitative estimate of drug-likeness (QED) is 0.182. The molecule has 0 aliphatic carbocycles. The third-order valence-electron chi connectivity index (χ3n) is 7.17. The molecule has 45 heavy (non-hydrogen) atoms. The van der Waals surface area contributed by atoms with Crippen LogP contribution in [0.5, 0.6) is 34.5 Å². The van der Waals surface area contributed by atoms with Gasteiger partial charge in [0.15, 0.2) is 0 Å². The van der Waals surface area contributed by atoms with Crippen LogP contribution in [0.2, 0.25) is 0 Å². The van der Waals surface area contributed by atoms with Crippen molar-refractivity contribution in [3.63, 3.8) is 0 Å². The second-order valence-corrected chi connectivity index (χ2v) is 10.1. The van der Waals surface area contributed by atoms with Gasteiger partial charge < -0.3 is 38.9 Å². The van der Waals surface area contributed by atoms with Crippen LogP contribution >= 0.6 is 0 Å². The average molecular weight is 612 g/mol. The number of carbonyl (C=O) groups excluding carboxylic acids is 2. The molecule has 2 N–H and O–H groups in total. The highest BCUT2D eigenvalue weighted by molar-refractivity contribution is 6.20. The van der Waals surface area contributed by atoms with Crippen LogP contribution in [-0.2, 0) is 0 Å². The summed E-state index contributed by atoms with van der Waals surface area (Å²) in [5.74, 6) is 2.43. The smallest absolute Gasteiger partial charge is 0.528 e. The summed E-state index contributed by atoms with van der Waals surface area (Å²) in [7, 11) is 6.03. The van der Waals surface area contributed by atoms with Crippen LogP contribution in [0.25, 0.3) is 0 Å². The molecule has 0 spiro atoms. The van der Waals surface area contributed by atoms with Gasteiger partial charge in [0.2, 0.25) is 0 Å². The van der Waals surface area contributed by atoms with E-state index in [1.807, 2.05) is 62.4 Å². The molecule has 2 atom stereocenters. The first-order valence-electron chi connectivity index (χ1n) is 14.3. The van der Waals surface area contributed by atoms with Gasteiger partial charge in [-0.25, -0.2) is 0 Å². The highest BCUT2D eigenvalue weighted by Gasteiger charge is 2.19. The fourth-order valence-electron chi connectivity index (χ4n) is 4.60. The number of benzene rings is 4. The Morgan fingerprint density at radius 1 is 0.556 bits per heavy atom. The molecular formula is C34H37BN2O8. The number of hydrogen-bond donors (Lipinski definition) is 2. The Hall–Kier alpha value is -5.32. The molecule has 4 aromatic rings. The second-order valence-electron chi connectivity index (χ2n) is 10.1. The Balaban J connectivity index is 1.35. The Kier molecular flexibility index (Phi) is 11.2. The van der Waals surface area contributed by atoms with Crippen LogP contribution in [0.15, 0.2) is 84.9 Å². The number of amides is 2. The van der Waals surface area contributed by atoms with Crippen LogP contribution in [0.3, 0.4) is 0 Å². The molecule has 11 heteroatoms. The van der Waals surface area contributed by atoms with Gasteiger partial charge in [0.1, 0.15) is 34.5 Å².